The van der Waals surface area contributed by atoms with Gasteiger partial charge in [-0.2, -0.15) is 10.8 Å². The lowest BCUT2D eigenvalue weighted by Crippen LogP contribution is -2.53. The molecule has 198 valence electrons. The summed E-state index contributed by atoms with van der Waals surface area (Å²) < 4.78 is -0.0733. The fourth-order valence-corrected chi connectivity index (χ4v) is 6.47. The Bertz CT molecular complexity index is 1470. The molecule has 3 N–H and O–H groups in total. The molecular formula is C30H32N7O2+. The SMILES string of the molecule is N[N+]12C=CN=CC1=C([C@@H]1CC[C@H]3CCC(=O)N3C1)N=C2c1ccc(C(=O)Nc2cc(C3CCC3)ccn2)cc1. The lowest BCUT2D eigenvalue weighted by Gasteiger charge is -2.35. The molecule has 0 bridgehead atoms. The van der Waals surface area contributed by atoms with Crippen LogP contribution in [-0.2, 0) is 4.79 Å². The zero-order valence-electron chi connectivity index (χ0n) is 21.8. The van der Waals surface area contributed by atoms with Gasteiger partial charge < -0.3 is 10.2 Å². The third kappa shape index (κ3) is 4.13. The van der Waals surface area contributed by atoms with Crippen LogP contribution in [0.15, 0.2) is 76.4 Å². The zero-order valence-corrected chi connectivity index (χ0v) is 21.8. The number of nitrogens with zero attached hydrogens (tertiary/aromatic N) is 5. The fourth-order valence-electron chi connectivity index (χ4n) is 6.47. The molecule has 3 fully saturated rings. The smallest absolute Gasteiger partial charge is 0.264 e. The number of benzene rings is 1. The van der Waals surface area contributed by atoms with Crippen molar-refractivity contribution in [3.63, 3.8) is 0 Å². The topological polar surface area (TPSA) is 113 Å². The van der Waals surface area contributed by atoms with Crippen LogP contribution in [0.3, 0.4) is 0 Å². The number of aromatic nitrogens is 1. The number of hydrogen-bond acceptors (Lipinski definition) is 6. The van der Waals surface area contributed by atoms with Gasteiger partial charge in [-0.25, -0.2) is 4.98 Å². The van der Waals surface area contributed by atoms with E-state index in [-0.39, 0.29) is 22.3 Å². The Kier molecular flexibility index (Phi) is 5.79. The molecule has 0 radical (unpaired) electrons. The van der Waals surface area contributed by atoms with Crippen LogP contribution in [0, 0.1) is 5.92 Å². The van der Waals surface area contributed by atoms with E-state index in [0.717, 1.165) is 36.2 Å². The highest BCUT2D eigenvalue weighted by molar-refractivity contribution is 6.05. The molecule has 1 aromatic heterocycles. The Hall–Kier alpha value is -3.95. The van der Waals surface area contributed by atoms with Crippen LogP contribution in [-0.4, -0.2) is 50.9 Å². The Labute approximate surface area is 227 Å². The number of nitrogens with one attached hydrogen (secondary N) is 1. The number of rotatable bonds is 5. The number of aliphatic imine (C=N–C) groups is 2. The zero-order chi connectivity index (χ0) is 26.6. The summed E-state index contributed by atoms with van der Waals surface area (Å²) in [5, 5.41) is 2.94. The average molecular weight is 523 g/mol. The number of allylic oxidation sites excluding steroid dienone is 1. The van der Waals surface area contributed by atoms with E-state index in [0.29, 0.717) is 42.1 Å². The highest BCUT2D eigenvalue weighted by atomic mass is 16.2. The minimum absolute atomic E-state index is 0.0733. The van der Waals surface area contributed by atoms with E-state index < -0.39 is 0 Å². The van der Waals surface area contributed by atoms with Crippen molar-refractivity contribution in [2.45, 2.75) is 56.9 Å². The van der Waals surface area contributed by atoms with E-state index >= 15 is 0 Å². The average Bonchev–Trinajstić information content (AvgIpc) is 3.44. The summed E-state index contributed by atoms with van der Waals surface area (Å²) in [6.45, 7) is 0.672. The van der Waals surface area contributed by atoms with Gasteiger partial charge in [0, 0.05) is 36.7 Å². The molecule has 2 saturated heterocycles. The van der Waals surface area contributed by atoms with Gasteiger partial charge >= 0.3 is 0 Å². The van der Waals surface area contributed by atoms with E-state index in [1.54, 1.807) is 30.7 Å². The van der Waals surface area contributed by atoms with Gasteiger partial charge in [-0.05, 0) is 80.0 Å². The number of amides is 2. The maximum absolute atomic E-state index is 13.0. The van der Waals surface area contributed by atoms with E-state index in [4.69, 9.17) is 10.8 Å². The number of piperidine rings is 1. The summed E-state index contributed by atoms with van der Waals surface area (Å²) in [5.74, 6) is 8.90. The van der Waals surface area contributed by atoms with Crippen molar-refractivity contribution >= 4 is 29.7 Å². The van der Waals surface area contributed by atoms with Crippen LogP contribution in [0.2, 0.25) is 0 Å². The summed E-state index contributed by atoms with van der Waals surface area (Å²) in [5.41, 5.74) is 4.34. The number of fused-ring (bicyclic) bond motifs is 2. The van der Waals surface area contributed by atoms with Gasteiger partial charge in [-0.15, -0.1) is 4.59 Å². The fraction of sp³-hybridized carbons (Fsp3) is 0.367. The number of amidine groups is 1. The molecule has 1 aromatic carbocycles. The first-order valence-corrected chi connectivity index (χ1v) is 13.9. The number of hydrogen-bond donors (Lipinski definition) is 2. The molecule has 39 heavy (non-hydrogen) atoms. The lowest BCUT2D eigenvalue weighted by atomic mass is 9.80. The molecule has 3 atom stereocenters. The van der Waals surface area contributed by atoms with Gasteiger partial charge in [0.2, 0.25) is 11.6 Å². The van der Waals surface area contributed by atoms with E-state index in [1.807, 2.05) is 35.4 Å². The maximum Gasteiger partial charge on any atom is 0.264 e. The van der Waals surface area contributed by atoms with Gasteiger partial charge in [0.15, 0.2) is 0 Å². The van der Waals surface area contributed by atoms with E-state index in [9.17, 15) is 9.59 Å². The summed E-state index contributed by atoms with van der Waals surface area (Å²) >= 11 is 0. The summed E-state index contributed by atoms with van der Waals surface area (Å²) in [7, 11) is 0. The number of nitrogens with two attached hydrogens (primary N) is 1. The van der Waals surface area contributed by atoms with Gasteiger partial charge in [-0.1, -0.05) is 6.42 Å². The second-order valence-corrected chi connectivity index (χ2v) is 11.2. The van der Waals surface area contributed by atoms with Crippen LogP contribution in [0.4, 0.5) is 5.82 Å². The second-order valence-electron chi connectivity index (χ2n) is 11.2. The van der Waals surface area contributed by atoms with Gasteiger partial charge in [0.1, 0.15) is 17.7 Å². The largest absolute Gasteiger partial charge is 0.339 e. The van der Waals surface area contributed by atoms with Crippen molar-refractivity contribution < 1.29 is 14.2 Å². The summed E-state index contributed by atoms with van der Waals surface area (Å²) in [6.07, 6.45) is 14.3. The van der Waals surface area contributed by atoms with Gasteiger partial charge in [0.05, 0.1) is 18.0 Å². The molecule has 5 aliphatic rings. The Morgan fingerprint density at radius 2 is 1.90 bits per heavy atom. The predicted molar refractivity (Wildman–Crippen MR) is 148 cm³/mol. The predicted octanol–water partition coefficient (Wildman–Crippen LogP) is 4.22. The van der Waals surface area contributed by atoms with Crippen LogP contribution in [0.5, 0.6) is 0 Å². The first-order chi connectivity index (χ1) is 19.0. The number of anilines is 1. The summed E-state index contributed by atoms with van der Waals surface area (Å²) in [6, 6.07) is 11.7. The van der Waals surface area contributed by atoms with Crippen molar-refractivity contribution in [1.29, 1.82) is 0 Å². The van der Waals surface area contributed by atoms with Crippen molar-refractivity contribution in [2.75, 3.05) is 11.9 Å². The van der Waals surface area contributed by atoms with Crippen LogP contribution in [0.25, 0.3) is 0 Å². The van der Waals surface area contributed by atoms with Crippen LogP contribution in [0.1, 0.15) is 72.3 Å². The molecule has 4 aliphatic heterocycles. The molecule has 2 amide bonds. The molecule has 5 heterocycles. The monoisotopic (exact) mass is 522 g/mol. The molecule has 1 unspecified atom stereocenters. The molecule has 0 spiro atoms. The number of carbonyl (C=O) groups is 2. The normalized spacial score (nSPS) is 27.8. The third-order valence-electron chi connectivity index (χ3n) is 8.93. The van der Waals surface area contributed by atoms with Crippen molar-refractivity contribution in [1.82, 2.24) is 9.88 Å². The third-order valence-corrected chi connectivity index (χ3v) is 8.93. The minimum Gasteiger partial charge on any atom is -0.339 e. The first kappa shape index (κ1) is 24.1. The minimum atomic E-state index is -0.207. The van der Waals surface area contributed by atoms with Gasteiger partial charge in [0.25, 0.3) is 11.7 Å². The van der Waals surface area contributed by atoms with Crippen molar-refractivity contribution in [3.8, 4) is 0 Å². The molecular weight excluding hydrogens is 490 g/mol. The highest BCUT2D eigenvalue weighted by Crippen LogP contribution is 2.40. The summed E-state index contributed by atoms with van der Waals surface area (Å²) in [4.78, 5) is 41.2. The Morgan fingerprint density at radius 3 is 2.69 bits per heavy atom. The number of pyridine rings is 1. The first-order valence-electron chi connectivity index (χ1n) is 13.9. The van der Waals surface area contributed by atoms with Gasteiger partial charge in [-0.3, -0.25) is 14.6 Å². The highest BCUT2D eigenvalue weighted by Gasteiger charge is 2.47. The van der Waals surface area contributed by atoms with Crippen LogP contribution >= 0.6 is 0 Å². The molecule has 9 nitrogen and oxygen atoms in total. The van der Waals surface area contributed by atoms with Crippen molar-refractivity contribution in [3.05, 3.63) is 83.1 Å². The maximum atomic E-state index is 13.0. The van der Waals surface area contributed by atoms with E-state index in [1.165, 1.54) is 24.8 Å². The molecule has 7 rings (SSSR count). The Morgan fingerprint density at radius 1 is 1.05 bits per heavy atom. The van der Waals surface area contributed by atoms with Crippen molar-refractivity contribution in [2.24, 2.45) is 21.7 Å². The van der Waals surface area contributed by atoms with Crippen LogP contribution < -0.4 is 11.2 Å². The number of carbonyl (C=O) groups excluding carboxylic acids is 2. The molecule has 9 heteroatoms. The second kappa shape index (κ2) is 9.36. The molecule has 1 saturated carbocycles. The Balaban J connectivity index is 1.12. The van der Waals surface area contributed by atoms with E-state index in [2.05, 4.69) is 15.3 Å². The molecule has 2 aromatic rings. The quantitative estimate of drug-likeness (QED) is 0.452. The standard InChI is InChI=1S/C30H31N7O2/c31-37-15-14-32-17-25(37)28(23-8-9-24-10-11-27(38)36(24)18-23)35-29(37)20-4-6-21(7-5-20)30(39)34-26-16-22(12-13-33-26)19-2-1-3-19/h4-7,12-17,19,23-24H,1-3,8-11,18,31H2/p+1/t23-,24+,37?/m1/s1. The number of quaternary nitrogens is 1. The molecule has 1 aliphatic carbocycles. The lowest BCUT2D eigenvalue weighted by molar-refractivity contribution is -0.750.